The Morgan fingerprint density at radius 1 is 1.24 bits per heavy atom. The van der Waals surface area contributed by atoms with E-state index in [1.165, 1.54) is 17.7 Å². The highest BCUT2D eigenvalue weighted by atomic mass is 19.1. The smallest absolute Gasteiger partial charge is 0.318 e. The summed E-state index contributed by atoms with van der Waals surface area (Å²) in [6, 6.07) is 6.65. The van der Waals surface area contributed by atoms with Crippen LogP contribution in [0.25, 0.3) is 0 Å². The summed E-state index contributed by atoms with van der Waals surface area (Å²) in [6.45, 7) is 7.13. The molecule has 5 nitrogen and oxygen atoms in total. The Kier molecular flexibility index (Phi) is 6.04. The second-order valence-electron chi connectivity index (χ2n) is 6.68. The lowest BCUT2D eigenvalue weighted by molar-refractivity contribution is 0.0528. The number of nitrogens with one attached hydrogen (secondary N) is 1. The summed E-state index contributed by atoms with van der Waals surface area (Å²) in [5, 5.41) is 3.10. The number of morpholine rings is 1. The predicted molar refractivity (Wildman–Crippen MR) is 94.8 cm³/mol. The molecular formula is C19H26FN3O2. The zero-order valence-corrected chi connectivity index (χ0v) is 14.7. The maximum Gasteiger partial charge on any atom is 0.318 e. The highest BCUT2D eigenvalue weighted by Gasteiger charge is 2.22. The number of hydrogen-bond donors (Lipinski definition) is 1. The van der Waals surface area contributed by atoms with Crippen LogP contribution in [-0.2, 0) is 11.3 Å². The highest BCUT2D eigenvalue weighted by molar-refractivity contribution is 5.75. The van der Waals surface area contributed by atoms with E-state index in [0.717, 1.165) is 31.6 Å². The van der Waals surface area contributed by atoms with Crippen LogP contribution in [0.4, 0.5) is 9.18 Å². The maximum atomic E-state index is 13.0. The van der Waals surface area contributed by atoms with Crippen molar-refractivity contribution in [3.63, 3.8) is 0 Å². The van der Waals surface area contributed by atoms with E-state index < -0.39 is 0 Å². The van der Waals surface area contributed by atoms with E-state index in [0.29, 0.717) is 26.3 Å². The average Bonchev–Trinajstić information content (AvgIpc) is 2.64. The molecule has 1 unspecified atom stereocenters. The van der Waals surface area contributed by atoms with Gasteiger partial charge in [0.05, 0.1) is 19.3 Å². The molecule has 0 aliphatic carbocycles. The molecule has 0 saturated carbocycles. The van der Waals surface area contributed by atoms with Crippen LogP contribution in [0.2, 0.25) is 0 Å². The van der Waals surface area contributed by atoms with Gasteiger partial charge in [-0.25, -0.2) is 9.18 Å². The second kappa shape index (κ2) is 8.45. The van der Waals surface area contributed by atoms with Crippen molar-refractivity contribution in [2.75, 3.05) is 39.4 Å². The van der Waals surface area contributed by atoms with Gasteiger partial charge in [0.15, 0.2) is 0 Å². The molecule has 1 saturated heterocycles. The van der Waals surface area contributed by atoms with E-state index >= 15 is 0 Å². The Morgan fingerprint density at radius 3 is 2.68 bits per heavy atom. The van der Waals surface area contributed by atoms with Gasteiger partial charge in [-0.05, 0) is 36.6 Å². The number of carbonyl (C=O) groups is 1. The summed E-state index contributed by atoms with van der Waals surface area (Å²) in [5.41, 5.74) is 2.34. The molecule has 1 aromatic carbocycles. The number of urea groups is 1. The minimum atomic E-state index is -0.206. The van der Waals surface area contributed by atoms with Gasteiger partial charge in [0.25, 0.3) is 0 Å². The number of amides is 2. The van der Waals surface area contributed by atoms with Gasteiger partial charge in [0, 0.05) is 32.7 Å². The van der Waals surface area contributed by atoms with Crippen LogP contribution < -0.4 is 5.32 Å². The lowest BCUT2D eigenvalue weighted by atomic mass is 10.0. The van der Waals surface area contributed by atoms with Gasteiger partial charge in [-0.2, -0.15) is 0 Å². The lowest BCUT2D eigenvalue weighted by Gasteiger charge is -2.32. The lowest BCUT2D eigenvalue weighted by Crippen LogP contribution is -2.50. The van der Waals surface area contributed by atoms with Crippen LogP contribution in [0.1, 0.15) is 18.9 Å². The number of benzene rings is 1. The van der Waals surface area contributed by atoms with Crippen molar-refractivity contribution in [2.24, 2.45) is 0 Å². The standard InChI is InChI=1S/C19H26FN3O2/c1-15(21-19(24)23-9-11-25-12-10-23)17-3-2-8-22(14-17)13-16-4-6-18(20)7-5-16/h3-7,15H,2,8-14H2,1H3,(H,21,24). The fourth-order valence-corrected chi connectivity index (χ4v) is 3.27. The van der Waals surface area contributed by atoms with E-state index in [-0.39, 0.29) is 17.9 Å². The number of carbonyl (C=O) groups excluding carboxylic acids is 1. The first-order valence-electron chi connectivity index (χ1n) is 8.91. The van der Waals surface area contributed by atoms with Gasteiger partial charge >= 0.3 is 6.03 Å². The Labute approximate surface area is 148 Å². The van der Waals surface area contributed by atoms with Crippen molar-refractivity contribution in [1.29, 1.82) is 0 Å². The molecular weight excluding hydrogens is 321 g/mol. The second-order valence-corrected chi connectivity index (χ2v) is 6.68. The third-order valence-corrected chi connectivity index (χ3v) is 4.77. The minimum Gasteiger partial charge on any atom is -0.378 e. The minimum absolute atomic E-state index is 0.00589. The molecule has 0 aromatic heterocycles. The third kappa shape index (κ3) is 5.03. The Bertz CT molecular complexity index is 612. The maximum absolute atomic E-state index is 13.0. The number of ether oxygens (including phenoxy) is 1. The number of rotatable bonds is 4. The molecule has 1 N–H and O–H groups in total. The van der Waals surface area contributed by atoms with E-state index in [1.54, 1.807) is 4.90 Å². The van der Waals surface area contributed by atoms with E-state index in [4.69, 9.17) is 4.74 Å². The van der Waals surface area contributed by atoms with Crippen molar-refractivity contribution in [3.05, 3.63) is 47.3 Å². The van der Waals surface area contributed by atoms with Crippen LogP contribution in [0.3, 0.4) is 0 Å². The number of nitrogens with zero attached hydrogens (tertiary/aromatic N) is 2. The predicted octanol–water partition coefficient (Wildman–Crippen LogP) is 2.39. The normalized spacial score (nSPS) is 20.1. The summed E-state index contributed by atoms with van der Waals surface area (Å²) >= 11 is 0. The zero-order chi connectivity index (χ0) is 17.6. The summed E-state index contributed by atoms with van der Waals surface area (Å²) in [7, 11) is 0. The Morgan fingerprint density at radius 2 is 1.96 bits per heavy atom. The SMILES string of the molecule is CC(NC(=O)N1CCOCC1)C1=CCCN(Cc2ccc(F)cc2)C1. The van der Waals surface area contributed by atoms with Crippen molar-refractivity contribution in [3.8, 4) is 0 Å². The fraction of sp³-hybridized carbons (Fsp3) is 0.526. The third-order valence-electron chi connectivity index (χ3n) is 4.77. The first kappa shape index (κ1) is 17.9. The van der Waals surface area contributed by atoms with Gasteiger partial charge in [0.2, 0.25) is 0 Å². The van der Waals surface area contributed by atoms with E-state index in [9.17, 15) is 9.18 Å². The first-order valence-corrected chi connectivity index (χ1v) is 8.91. The number of hydrogen-bond acceptors (Lipinski definition) is 3. The molecule has 0 bridgehead atoms. The van der Waals surface area contributed by atoms with E-state index in [1.807, 2.05) is 19.1 Å². The average molecular weight is 347 g/mol. The largest absolute Gasteiger partial charge is 0.378 e. The molecule has 1 aromatic rings. The summed E-state index contributed by atoms with van der Waals surface area (Å²) in [6.07, 6.45) is 3.19. The van der Waals surface area contributed by atoms with Gasteiger partial charge < -0.3 is 15.0 Å². The summed E-state index contributed by atoms with van der Waals surface area (Å²) in [4.78, 5) is 16.5. The van der Waals surface area contributed by atoms with Crippen LogP contribution in [0, 0.1) is 5.82 Å². The quantitative estimate of drug-likeness (QED) is 0.851. The molecule has 0 spiro atoms. The molecule has 6 heteroatoms. The summed E-state index contributed by atoms with van der Waals surface area (Å²) < 4.78 is 18.3. The van der Waals surface area contributed by atoms with Gasteiger partial charge in [0.1, 0.15) is 5.82 Å². The van der Waals surface area contributed by atoms with Gasteiger partial charge in [-0.1, -0.05) is 18.2 Å². The van der Waals surface area contributed by atoms with Gasteiger partial charge in [-0.15, -0.1) is 0 Å². The molecule has 1 atom stereocenters. The zero-order valence-electron chi connectivity index (χ0n) is 14.7. The molecule has 3 rings (SSSR count). The molecule has 0 radical (unpaired) electrons. The molecule has 1 fully saturated rings. The monoisotopic (exact) mass is 347 g/mol. The molecule has 25 heavy (non-hydrogen) atoms. The molecule has 136 valence electrons. The van der Waals surface area contributed by atoms with Crippen molar-refractivity contribution < 1.29 is 13.9 Å². The highest BCUT2D eigenvalue weighted by Crippen LogP contribution is 2.16. The van der Waals surface area contributed by atoms with Gasteiger partial charge in [-0.3, -0.25) is 4.90 Å². The molecule has 2 heterocycles. The van der Waals surface area contributed by atoms with Crippen LogP contribution in [0.15, 0.2) is 35.9 Å². The van der Waals surface area contributed by atoms with Crippen molar-refractivity contribution >= 4 is 6.03 Å². The topological polar surface area (TPSA) is 44.8 Å². The molecule has 2 amide bonds. The fourth-order valence-electron chi connectivity index (χ4n) is 3.27. The summed E-state index contributed by atoms with van der Waals surface area (Å²) in [5.74, 6) is -0.206. The molecule has 2 aliphatic rings. The molecule has 2 aliphatic heterocycles. The number of halogens is 1. The first-order chi connectivity index (χ1) is 12.1. The van der Waals surface area contributed by atoms with Crippen LogP contribution >= 0.6 is 0 Å². The van der Waals surface area contributed by atoms with Crippen LogP contribution in [0.5, 0.6) is 0 Å². The Balaban J connectivity index is 1.52. The Hall–Kier alpha value is -1.92. The van der Waals surface area contributed by atoms with Crippen LogP contribution in [-0.4, -0.2) is 61.3 Å². The van der Waals surface area contributed by atoms with E-state index in [2.05, 4.69) is 16.3 Å². The van der Waals surface area contributed by atoms with Crippen molar-refractivity contribution in [2.45, 2.75) is 25.9 Å². The van der Waals surface area contributed by atoms with Crippen molar-refractivity contribution in [1.82, 2.24) is 15.1 Å².